The van der Waals surface area contributed by atoms with Crippen molar-refractivity contribution in [2.45, 2.75) is 11.4 Å². The van der Waals surface area contributed by atoms with Gasteiger partial charge in [0.05, 0.1) is 4.90 Å². The van der Waals surface area contributed by atoms with E-state index >= 15 is 0 Å². The fourth-order valence-corrected chi connectivity index (χ4v) is 3.86. The van der Waals surface area contributed by atoms with Crippen molar-refractivity contribution < 1.29 is 22.7 Å². The third-order valence-electron chi connectivity index (χ3n) is 4.07. The summed E-state index contributed by atoms with van der Waals surface area (Å²) in [6.45, 7) is 0.668. The van der Waals surface area contributed by atoms with E-state index < -0.39 is 15.9 Å². The number of aromatic nitrogens is 1. The maximum Gasteiger partial charge on any atom is 0.264 e. The number of fused-ring (bicyclic) bond motifs is 2. The molecular formula is C18H16N2O5S. The van der Waals surface area contributed by atoms with Gasteiger partial charge >= 0.3 is 0 Å². The standard InChI is InChI=1S/C18H16N2O5S/c21-18(12-20-8-7-13-3-1-2-4-15(13)20)19-26(22,23)14-5-6-16-17(11-14)25-10-9-24-16/h1-8,11H,9-10,12H2,(H,19,21). The van der Waals surface area contributed by atoms with Gasteiger partial charge in [0.2, 0.25) is 0 Å². The van der Waals surface area contributed by atoms with E-state index in [1.54, 1.807) is 10.8 Å². The number of nitrogens with one attached hydrogen (secondary N) is 1. The molecule has 1 aliphatic heterocycles. The van der Waals surface area contributed by atoms with E-state index in [0.717, 1.165) is 10.9 Å². The molecule has 2 aromatic carbocycles. The maximum absolute atomic E-state index is 12.5. The third kappa shape index (κ3) is 3.11. The molecule has 0 radical (unpaired) electrons. The van der Waals surface area contributed by atoms with E-state index in [1.807, 2.05) is 30.3 Å². The second kappa shape index (κ2) is 6.38. The largest absolute Gasteiger partial charge is 0.486 e. The summed E-state index contributed by atoms with van der Waals surface area (Å²) in [6, 6.07) is 13.7. The highest BCUT2D eigenvalue weighted by atomic mass is 32.2. The fourth-order valence-electron chi connectivity index (χ4n) is 2.87. The van der Waals surface area contributed by atoms with Gasteiger partial charge in [-0.25, -0.2) is 13.1 Å². The summed E-state index contributed by atoms with van der Waals surface area (Å²) in [7, 11) is -4.00. The number of para-hydroxylation sites is 1. The minimum absolute atomic E-state index is 0.0486. The summed E-state index contributed by atoms with van der Waals surface area (Å²) in [4.78, 5) is 12.2. The number of benzene rings is 2. The van der Waals surface area contributed by atoms with Crippen molar-refractivity contribution >= 4 is 26.8 Å². The molecule has 1 aliphatic rings. The number of sulfonamides is 1. The molecule has 0 fully saturated rings. The van der Waals surface area contributed by atoms with Gasteiger partial charge in [0.1, 0.15) is 19.8 Å². The zero-order valence-corrected chi connectivity index (χ0v) is 14.5. The molecule has 26 heavy (non-hydrogen) atoms. The fraction of sp³-hybridized carbons (Fsp3) is 0.167. The average Bonchev–Trinajstić information content (AvgIpc) is 3.04. The number of rotatable bonds is 4. The van der Waals surface area contributed by atoms with Gasteiger partial charge in [-0.3, -0.25) is 4.79 Å². The van der Waals surface area contributed by atoms with Gasteiger partial charge < -0.3 is 14.0 Å². The molecule has 7 nitrogen and oxygen atoms in total. The first kappa shape index (κ1) is 16.5. The lowest BCUT2D eigenvalue weighted by Gasteiger charge is -2.18. The minimum atomic E-state index is -4.00. The maximum atomic E-state index is 12.5. The number of hydrogen-bond donors (Lipinski definition) is 1. The predicted octanol–water partition coefficient (Wildman–Crippen LogP) is 1.92. The molecule has 1 amide bonds. The van der Waals surface area contributed by atoms with Crippen LogP contribution in [0.3, 0.4) is 0 Å². The Hall–Kier alpha value is -3.00. The lowest BCUT2D eigenvalue weighted by Crippen LogP contribution is -2.33. The SMILES string of the molecule is O=C(Cn1ccc2ccccc21)NS(=O)(=O)c1ccc2c(c1)OCCO2. The summed E-state index contributed by atoms with van der Waals surface area (Å²) in [5, 5.41) is 0.981. The van der Waals surface area contributed by atoms with Crippen molar-refractivity contribution in [3.63, 3.8) is 0 Å². The van der Waals surface area contributed by atoms with Gasteiger partial charge in [0, 0.05) is 17.8 Å². The number of ether oxygens (including phenoxy) is 2. The highest BCUT2D eigenvalue weighted by Crippen LogP contribution is 2.32. The Labute approximate surface area is 150 Å². The molecule has 0 atom stereocenters. The van der Waals surface area contributed by atoms with Crippen molar-refractivity contribution in [3.8, 4) is 11.5 Å². The lowest BCUT2D eigenvalue weighted by atomic mass is 10.2. The van der Waals surface area contributed by atoms with Gasteiger partial charge in [-0.15, -0.1) is 0 Å². The molecule has 0 saturated heterocycles. The molecule has 134 valence electrons. The van der Waals surface area contributed by atoms with Crippen LogP contribution in [0.15, 0.2) is 59.6 Å². The summed E-state index contributed by atoms with van der Waals surface area (Å²) >= 11 is 0. The average molecular weight is 372 g/mol. The summed E-state index contributed by atoms with van der Waals surface area (Å²) in [5.74, 6) is 0.213. The molecule has 3 aromatic rings. The second-order valence-corrected chi connectivity index (χ2v) is 7.52. The molecule has 0 saturated carbocycles. The van der Waals surface area contributed by atoms with Gasteiger partial charge in [0.25, 0.3) is 15.9 Å². The number of carbonyl (C=O) groups excluding carboxylic acids is 1. The number of hydrogen-bond acceptors (Lipinski definition) is 5. The van der Waals surface area contributed by atoms with Crippen LogP contribution in [0.1, 0.15) is 0 Å². The first-order chi connectivity index (χ1) is 12.5. The van der Waals surface area contributed by atoms with E-state index in [1.165, 1.54) is 18.2 Å². The van der Waals surface area contributed by atoms with Crippen LogP contribution in [-0.4, -0.2) is 32.1 Å². The van der Waals surface area contributed by atoms with Gasteiger partial charge in [0.15, 0.2) is 11.5 Å². The Kier molecular flexibility index (Phi) is 4.04. The predicted molar refractivity (Wildman–Crippen MR) is 94.7 cm³/mol. The number of carbonyl (C=O) groups is 1. The molecule has 0 unspecified atom stereocenters. The highest BCUT2D eigenvalue weighted by molar-refractivity contribution is 7.90. The van der Waals surface area contributed by atoms with Crippen LogP contribution < -0.4 is 14.2 Å². The first-order valence-electron chi connectivity index (χ1n) is 8.02. The Balaban J connectivity index is 1.53. The second-order valence-electron chi connectivity index (χ2n) is 5.84. The van der Waals surface area contributed by atoms with E-state index in [0.29, 0.717) is 24.7 Å². The van der Waals surface area contributed by atoms with Crippen LogP contribution in [0.2, 0.25) is 0 Å². The molecule has 2 heterocycles. The molecular weight excluding hydrogens is 356 g/mol. The minimum Gasteiger partial charge on any atom is -0.486 e. The molecule has 1 aromatic heterocycles. The Morgan fingerprint density at radius 3 is 2.65 bits per heavy atom. The summed E-state index contributed by atoms with van der Waals surface area (Å²) in [6.07, 6.45) is 1.75. The molecule has 0 aliphatic carbocycles. The van der Waals surface area contributed by atoms with Crippen LogP contribution in [0.4, 0.5) is 0 Å². The van der Waals surface area contributed by atoms with Gasteiger partial charge in [-0.05, 0) is 29.7 Å². The van der Waals surface area contributed by atoms with E-state index in [2.05, 4.69) is 4.72 Å². The van der Waals surface area contributed by atoms with Gasteiger partial charge in [-0.1, -0.05) is 18.2 Å². The monoisotopic (exact) mass is 372 g/mol. The van der Waals surface area contributed by atoms with E-state index in [-0.39, 0.29) is 11.4 Å². The zero-order valence-electron chi connectivity index (χ0n) is 13.7. The van der Waals surface area contributed by atoms with Crippen molar-refractivity contribution in [2.24, 2.45) is 0 Å². The van der Waals surface area contributed by atoms with Crippen LogP contribution in [-0.2, 0) is 21.4 Å². The van der Waals surface area contributed by atoms with Crippen LogP contribution >= 0.6 is 0 Å². The van der Waals surface area contributed by atoms with Crippen molar-refractivity contribution in [2.75, 3.05) is 13.2 Å². The smallest absolute Gasteiger partial charge is 0.264 e. The number of nitrogens with zero attached hydrogens (tertiary/aromatic N) is 1. The topological polar surface area (TPSA) is 86.6 Å². The van der Waals surface area contributed by atoms with Crippen molar-refractivity contribution in [1.82, 2.24) is 9.29 Å². The summed E-state index contributed by atoms with van der Waals surface area (Å²) < 4.78 is 39.5. The van der Waals surface area contributed by atoms with Crippen LogP contribution in [0.25, 0.3) is 10.9 Å². The Bertz CT molecular complexity index is 1090. The molecule has 8 heteroatoms. The zero-order chi connectivity index (χ0) is 18.1. The third-order valence-corrected chi connectivity index (χ3v) is 5.44. The normalized spacial score (nSPS) is 13.5. The van der Waals surface area contributed by atoms with Gasteiger partial charge in [-0.2, -0.15) is 0 Å². The van der Waals surface area contributed by atoms with Crippen molar-refractivity contribution in [3.05, 3.63) is 54.7 Å². The van der Waals surface area contributed by atoms with E-state index in [4.69, 9.17) is 9.47 Å². The van der Waals surface area contributed by atoms with Crippen molar-refractivity contribution in [1.29, 1.82) is 0 Å². The Morgan fingerprint density at radius 1 is 1.04 bits per heavy atom. The molecule has 0 spiro atoms. The van der Waals surface area contributed by atoms with E-state index in [9.17, 15) is 13.2 Å². The quantitative estimate of drug-likeness (QED) is 0.756. The summed E-state index contributed by atoms with van der Waals surface area (Å²) in [5.41, 5.74) is 0.861. The Morgan fingerprint density at radius 2 is 1.81 bits per heavy atom. The molecule has 1 N–H and O–H groups in total. The number of amides is 1. The van der Waals surface area contributed by atoms with Crippen LogP contribution in [0, 0.1) is 0 Å². The molecule has 4 rings (SSSR count). The van der Waals surface area contributed by atoms with Crippen LogP contribution in [0.5, 0.6) is 11.5 Å². The molecule has 0 bridgehead atoms. The first-order valence-corrected chi connectivity index (χ1v) is 9.50. The lowest BCUT2D eigenvalue weighted by molar-refractivity contribution is -0.119. The highest BCUT2D eigenvalue weighted by Gasteiger charge is 2.21.